The van der Waals surface area contributed by atoms with Crippen molar-refractivity contribution in [1.82, 2.24) is 4.90 Å². The minimum atomic E-state index is -0.428. The Labute approximate surface area is 112 Å². The lowest BCUT2D eigenvalue weighted by molar-refractivity contribution is -0.0665. The summed E-state index contributed by atoms with van der Waals surface area (Å²) < 4.78 is 5.69. The van der Waals surface area contributed by atoms with Crippen LogP contribution in [0.4, 0.5) is 0 Å². The number of ether oxygens (including phenoxy) is 1. The van der Waals surface area contributed by atoms with Gasteiger partial charge in [0.15, 0.2) is 0 Å². The molecule has 1 fully saturated rings. The number of rotatable bonds is 6. The standard InChI is InChI=1S/C15H27NO2/c1-5-9-15(3,4)18-12-14(17)11-16-10-7-6-8-13(16)2/h1,13-14,17H,6-12H2,2-4H3. The number of hydrogen-bond donors (Lipinski definition) is 1. The molecule has 0 radical (unpaired) electrons. The van der Waals surface area contributed by atoms with Gasteiger partial charge < -0.3 is 9.84 Å². The van der Waals surface area contributed by atoms with Gasteiger partial charge in [-0.2, -0.15) is 0 Å². The molecule has 0 aliphatic carbocycles. The van der Waals surface area contributed by atoms with Gasteiger partial charge in [-0.25, -0.2) is 0 Å². The summed E-state index contributed by atoms with van der Waals surface area (Å²) >= 11 is 0. The molecule has 1 saturated heterocycles. The van der Waals surface area contributed by atoms with Crippen molar-refractivity contribution in [2.75, 3.05) is 19.7 Å². The van der Waals surface area contributed by atoms with Crippen LogP contribution in [-0.4, -0.2) is 47.4 Å². The highest BCUT2D eigenvalue weighted by Gasteiger charge is 2.23. The van der Waals surface area contributed by atoms with E-state index in [2.05, 4.69) is 17.7 Å². The van der Waals surface area contributed by atoms with E-state index in [1.54, 1.807) is 0 Å². The molecule has 0 aromatic carbocycles. The van der Waals surface area contributed by atoms with Crippen molar-refractivity contribution in [3.8, 4) is 12.3 Å². The fourth-order valence-electron chi connectivity index (χ4n) is 2.37. The molecule has 1 aliphatic heterocycles. The van der Waals surface area contributed by atoms with E-state index in [1.807, 2.05) is 13.8 Å². The maximum Gasteiger partial charge on any atom is 0.0900 e. The van der Waals surface area contributed by atoms with Crippen LogP contribution in [0.25, 0.3) is 0 Å². The van der Waals surface area contributed by atoms with Crippen molar-refractivity contribution >= 4 is 0 Å². The van der Waals surface area contributed by atoms with E-state index < -0.39 is 6.10 Å². The van der Waals surface area contributed by atoms with E-state index in [-0.39, 0.29) is 5.60 Å². The SMILES string of the molecule is C#CCC(C)(C)OCC(O)CN1CCCCC1C. The van der Waals surface area contributed by atoms with Crippen molar-refractivity contribution in [2.24, 2.45) is 0 Å². The number of aliphatic hydroxyl groups is 1. The third-order valence-electron chi connectivity index (χ3n) is 3.58. The van der Waals surface area contributed by atoms with Gasteiger partial charge in [0, 0.05) is 19.0 Å². The van der Waals surface area contributed by atoms with Crippen LogP contribution in [0.3, 0.4) is 0 Å². The molecule has 0 spiro atoms. The highest BCUT2D eigenvalue weighted by Crippen LogP contribution is 2.18. The molecule has 2 atom stereocenters. The minimum absolute atomic E-state index is 0.344. The fourth-order valence-corrected chi connectivity index (χ4v) is 2.37. The van der Waals surface area contributed by atoms with Crippen molar-refractivity contribution in [3.05, 3.63) is 0 Å². The van der Waals surface area contributed by atoms with Gasteiger partial charge in [-0.1, -0.05) is 6.42 Å². The zero-order valence-electron chi connectivity index (χ0n) is 12.0. The summed E-state index contributed by atoms with van der Waals surface area (Å²) in [5.41, 5.74) is -0.344. The van der Waals surface area contributed by atoms with Gasteiger partial charge >= 0.3 is 0 Å². The van der Waals surface area contributed by atoms with E-state index in [0.29, 0.717) is 25.6 Å². The summed E-state index contributed by atoms with van der Waals surface area (Å²) in [6, 6.07) is 0.576. The molecular weight excluding hydrogens is 226 g/mol. The summed E-state index contributed by atoms with van der Waals surface area (Å²) in [6.07, 6.45) is 9.20. The second kappa shape index (κ2) is 7.13. The predicted molar refractivity (Wildman–Crippen MR) is 74.4 cm³/mol. The molecule has 3 heteroatoms. The largest absolute Gasteiger partial charge is 0.389 e. The lowest BCUT2D eigenvalue weighted by Crippen LogP contribution is -2.44. The molecule has 1 heterocycles. The highest BCUT2D eigenvalue weighted by atomic mass is 16.5. The summed E-state index contributed by atoms with van der Waals surface area (Å²) in [4.78, 5) is 2.35. The van der Waals surface area contributed by atoms with Gasteiger partial charge in [-0.15, -0.1) is 12.3 Å². The van der Waals surface area contributed by atoms with Gasteiger partial charge in [0.05, 0.1) is 18.3 Å². The van der Waals surface area contributed by atoms with Crippen LogP contribution in [0.1, 0.15) is 46.5 Å². The lowest BCUT2D eigenvalue weighted by atomic mass is 10.0. The van der Waals surface area contributed by atoms with Crippen LogP contribution in [0.15, 0.2) is 0 Å². The molecule has 0 aromatic heterocycles. The number of piperidine rings is 1. The summed E-state index contributed by atoms with van der Waals surface area (Å²) in [6.45, 7) is 8.30. The average molecular weight is 253 g/mol. The number of terminal acetylenes is 1. The summed E-state index contributed by atoms with van der Waals surface area (Å²) in [7, 11) is 0. The number of nitrogens with zero attached hydrogens (tertiary/aromatic N) is 1. The molecule has 104 valence electrons. The Bertz CT molecular complexity index is 283. The van der Waals surface area contributed by atoms with Crippen LogP contribution >= 0.6 is 0 Å². The van der Waals surface area contributed by atoms with E-state index >= 15 is 0 Å². The maximum absolute atomic E-state index is 10.0. The van der Waals surface area contributed by atoms with Gasteiger partial charge in [0.25, 0.3) is 0 Å². The van der Waals surface area contributed by atoms with Gasteiger partial charge in [-0.05, 0) is 40.2 Å². The van der Waals surface area contributed by atoms with Gasteiger partial charge in [0.1, 0.15) is 0 Å². The first-order valence-electron chi connectivity index (χ1n) is 6.94. The third kappa shape index (κ3) is 5.39. The minimum Gasteiger partial charge on any atom is -0.389 e. The van der Waals surface area contributed by atoms with Crippen LogP contribution in [0.5, 0.6) is 0 Å². The molecule has 2 unspecified atom stereocenters. The van der Waals surface area contributed by atoms with E-state index in [0.717, 1.165) is 6.54 Å². The second-order valence-corrected chi connectivity index (χ2v) is 5.95. The van der Waals surface area contributed by atoms with E-state index in [9.17, 15) is 5.11 Å². The maximum atomic E-state index is 10.0. The Hall–Kier alpha value is -0.560. The molecule has 0 saturated carbocycles. The summed E-state index contributed by atoms with van der Waals surface area (Å²) in [5, 5.41) is 10.0. The third-order valence-corrected chi connectivity index (χ3v) is 3.58. The molecule has 0 bridgehead atoms. The quantitative estimate of drug-likeness (QED) is 0.735. The van der Waals surface area contributed by atoms with Crippen molar-refractivity contribution in [1.29, 1.82) is 0 Å². The molecule has 3 nitrogen and oxygen atoms in total. The van der Waals surface area contributed by atoms with Crippen LogP contribution in [0, 0.1) is 12.3 Å². The van der Waals surface area contributed by atoms with Crippen LogP contribution < -0.4 is 0 Å². The zero-order valence-corrected chi connectivity index (χ0v) is 12.0. The van der Waals surface area contributed by atoms with E-state index in [1.165, 1.54) is 19.3 Å². The lowest BCUT2D eigenvalue weighted by Gasteiger charge is -2.35. The average Bonchev–Trinajstić information content (AvgIpc) is 2.30. The van der Waals surface area contributed by atoms with Gasteiger partial charge in [-0.3, -0.25) is 4.90 Å². The Morgan fingerprint density at radius 3 is 2.83 bits per heavy atom. The number of hydrogen-bond acceptors (Lipinski definition) is 3. The van der Waals surface area contributed by atoms with Crippen molar-refractivity contribution in [2.45, 2.75) is 64.2 Å². The second-order valence-electron chi connectivity index (χ2n) is 5.95. The smallest absolute Gasteiger partial charge is 0.0900 e. The first-order chi connectivity index (χ1) is 8.44. The highest BCUT2D eigenvalue weighted by molar-refractivity contribution is 4.92. The fraction of sp³-hybridized carbons (Fsp3) is 0.867. The first-order valence-corrected chi connectivity index (χ1v) is 6.94. The molecular formula is C15H27NO2. The van der Waals surface area contributed by atoms with Crippen molar-refractivity contribution < 1.29 is 9.84 Å². The number of β-amino-alcohol motifs (C(OH)–C–C–N with tert-alkyl or cyclic N) is 1. The molecule has 18 heavy (non-hydrogen) atoms. The summed E-state index contributed by atoms with van der Waals surface area (Å²) in [5.74, 6) is 2.60. The Morgan fingerprint density at radius 2 is 2.22 bits per heavy atom. The molecule has 1 aliphatic rings. The molecule has 0 amide bonds. The molecule has 1 rings (SSSR count). The predicted octanol–water partition coefficient (Wildman–Crippen LogP) is 2.04. The Kier molecular flexibility index (Phi) is 6.14. The van der Waals surface area contributed by atoms with Crippen LogP contribution in [0.2, 0.25) is 0 Å². The first kappa shape index (κ1) is 15.5. The Morgan fingerprint density at radius 1 is 1.50 bits per heavy atom. The Balaban J connectivity index is 2.28. The zero-order chi connectivity index (χ0) is 13.6. The number of aliphatic hydroxyl groups excluding tert-OH is 1. The molecule has 1 N–H and O–H groups in total. The van der Waals surface area contributed by atoms with E-state index in [4.69, 9.17) is 11.2 Å². The van der Waals surface area contributed by atoms with Crippen molar-refractivity contribution in [3.63, 3.8) is 0 Å². The number of likely N-dealkylation sites (tertiary alicyclic amines) is 1. The normalized spacial score (nSPS) is 23.6. The van der Waals surface area contributed by atoms with Gasteiger partial charge in [0.2, 0.25) is 0 Å². The molecule has 0 aromatic rings. The topological polar surface area (TPSA) is 32.7 Å². The monoisotopic (exact) mass is 253 g/mol. The van der Waals surface area contributed by atoms with Crippen LogP contribution in [-0.2, 0) is 4.74 Å².